The number of H-pyrrole nitrogens is 1. The minimum Gasteiger partial charge on any atom is -0.389 e. The van der Waals surface area contributed by atoms with E-state index in [1.165, 1.54) is 31.5 Å². The number of benzene rings is 1. The number of hydrogen-bond donors (Lipinski definition) is 2. The molecule has 0 radical (unpaired) electrons. The van der Waals surface area contributed by atoms with E-state index in [9.17, 15) is 4.79 Å². The molecular weight excluding hydrogens is 354 g/mol. The lowest BCUT2D eigenvalue weighted by Gasteiger charge is -2.28. The number of anilines is 2. The largest absolute Gasteiger partial charge is 0.418 e. The normalized spacial score (nSPS) is 22.6. The summed E-state index contributed by atoms with van der Waals surface area (Å²) in [7, 11) is 0. The number of aryl methyl sites for hydroxylation is 2. The summed E-state index contributed by atoms with van der Waals surface area (Å²) in [5, 5.41) is 9.47. The van der Waals surface area contributed by atoms with Crippen LogP contribution in [0.25, 0.3) is 0 Å². The summed E-state index contributed by atoms with van der Waals surface area (Å²) in [4.78, 5) is 17.2. The van der Waals surface area contributed by atoms with Crippen LogP contribution < -0.4 is 15.0 Å². The summed E-state index contributed by atoms with van der Waals surface area (Å²) in [6.45, 7) is 9.61. The van der Waals surface area contributed by atoms with Crippen molar-refractivity contribution in [3.05, 3.63) is 35.5 Å². The van der Waals surface area contributed by atoms with E-state index in [1.54, 1.807) is 6.07 Å². The fraction of sp³-hybridized carbons (Fsp3) is 0.524. The zero-order chi connectivity index (χ0) is 19.7. The molecule has 2 aromatic rings. The molecule has 1 amide bonds. The number of nitrogens with one attached hydrogen (secondary N) is 2. The van der Waals surface area contributed by atoms with Gasteiger partial charge in [0.15, 0.2) is 0 Å². The molecule has 2 aliphatic heterocycles. The third-order valence-corrected chi connectivity index (χ3v) is 5.93. The number of aromatic amines is 1. The van der Waals surface area contributed by atoms with Gasteiger partial charge in [-0.3, -0.25) is 15.3 Å². The van der Waals surface area contributed by atoms with E-state index in [0.29, 0.717) is 12.1 Å². The van der Waals surface area contributed by atoms with Crippen LogP contribution in [0.5, 0.6) is 5.88 Å². The topological polar surface area (TPSA) is 73.5 Å². The lowest BCUT2D eigenvalue weighted by molar-refractivity contribution is 0.204. The van der Waals surface area contributed by atoms with Gasteiger partial charge in [-0.1, -0.05) is 0 Å². The van der Waals surface area contributed by atoms with Gasteiger partial charge in [0.05, 0.1) is 0 Å². The van der Waals surface area contributed by atoms with Gasteiger partial charge < -0.3 is 9.64 Å². The van der Waals surface area contributed by atoms with E-state index >= 15 is 0 Å². The van der Waals surface area contributed by atoms with Crippen molar-refractivity contribution >= 4 is 17.5 Å². The summed E-state index contributed by atoms with van der Waals surface area (Å²) in [6, 6.07) is 9.22. The Morgan fingerprint density at radius 1 is 1.25 bits per heavy atom. The molecule has 0 saturated carbocycles. The molecular formula is C21H29N5O2. The Hall–Kier alpha value is -2.54. The summed E-state index contributed by atoms with van der Waals surface area (Å²) in [6.07, 6.45) is 3.33. The average Bonchev–Trinajstić information content (AvgIpc) is 3.38. The molecule has 2 saturated heterocycles. The van der Waals surface area contributed by atoms with Crippen molar-refractivity contribution < 1.29 is 9.53 Å². The minimum atomic E-state index is -0.536. The first kappa shape index (κ1) is 18.8. The highest BCUT2D eigenvalue weighted by Crippen LogP contribution is 2.30. The van der Waals surface area contributed by atoms with Crippen molar-refractivity contribution in [2.75, 3.05) is 29.9 Å². The van der Waals surface area contributed by atoms with Crippen LogP contribution in [0.3, 0.4) is 0 Å². The highest BCUT2D eigenvalue weighted by Gasteiger charge is 2.32. The monoisotopic (exact) mass is 383 g/mol. The number of rotatable bonds is 4. The third-order valence-electron chi connectivity index (χ3n) is 5.93. The quantitative estimate of drug-likeness (QED) is 0.842. The van der Waals surface area contributed by atoms with Crippen molar-refractivity contribution in [1.82, 2.24) is 15.1 Å². The fourth-order valence-corrected chi connectivity index (χ4v) is 4.41. The number of hydrogen-bond acceptors (Lipinski definition) is 5. The molecule has 0 bridgehead atoms. The van der Waals surface area contributed by atoms with Crippen LogP contribution in [0.2, 0.25) is 0 Å². The van der Waals surface area contributed by atoms with E-state index in [2.05, 4.69) is 44.4 Å². The molecule has 2 atom stereocenters. The van der Waals surface area contributed by atoms with E-state index in [1.807, 2.05) is 19.9 Å². The van der Waals surface area contributed by atoms with Gasteiger partial charge in [-0.15, -0.1) is 5.10 Å². The van der Waals surface area contributed by atoms with E-state index in [4.69, 9.17) is 4.74 Å². The Morgan fingerprint density at radius 2 is 2.11 bits per heavy atom. The molecule has 0 aliphatic carbocycles. The number of ether oxygens (including phenoxy) is 1. The summed E-state index contributed by atoms with van der Waals surface area (Å²) < 4.78 is 5.20. The summed E-state index contributed by atoms with van der Waals surface area (Å²) >= 11 is 0. The summed E-state index contributed by atoms with van der Waals surface area (Å²) in [5.74, 6) is 0.267. The molecule has 2 aliphatic rings. The molecule has 2 fully saturated rings. The molecule has 7 heteroatoms. The van der Waals surface area contributed by atoms with Gasteiger partial charge in [0, 0.05) is 48.3 Å². The maximum atomic E-state index is 12.1. The molecule has 2 N–H and O–H groups in total. The lowest BCUT2D eigenvalue weighted by Crippen LogP contribution is -2.39. The van der Waals surface area contributed by atoms with Crippen molar-refractivity contribution in [3.63, 3.8) is 0 Å². The second-order valence-electron chi connectivity index (χ2n) is 8.02. The number of amides is 1. The van der Waals surface area contributed by atoms with Crippen LogP contribution in [0, 0.1) is 13.8 Å². The van der Waals surface area contributed by atoms with E-state index in [-0.39, 0.29) is 5.88 Å². The number of aromatic nitrogens is 2. The van der Waals surface area contributed by atoms with Crippen LogP contribution in [0.1, 0.15) is 37.4 Å². The van der Waals surface area contributed by atoms with E-state index < -0.39 is 6.09 Å². The maximum Gasteiger partial charge on any atom is 0.418 e. The second kappa shape index (κ2) is 7.83. The predicted octanol–water partition coefficient (Wildman–Crippen LogP) is 3.70. The smallest absolute Gasteiger partial charge is 0.389 e. The van der Waals surface area contributed by atoms with Gasteiger partial charge in [-0.05, 0) is 70.3 Å². The highest BCUT2D eigenvalue weighted by molar-refractivity contribution is 5.87. The van der Waals surface area contributed by atoms with Gasteiger partial charge in [-0.25, -0.2) is 4.79 Å². The number of carbonyl (C=O) groups is 1. The maximum absolute atomic E-state index is 12.1. The number of nitrogens with zero attached hydrogens (tertiary/aromatic N) is 3. The Kier molecular flexibility index (Phi) is 5.26. The van der Waals surface area contributed by atoms with Gasteiger partial charge in [0.25, 0.3) is 0 Å². The SMILES string of the molecule is Cc1cc(OC(=O)Nc2ccc(N3CCC(N4CCCC4C)C3)cc2C)n[nH]1. The molecule has 150 valence electrons. The molecule has 28 heavy (non-hydrogen) atoms. The van der Waals surface area contributed by atoms with Gasteiger partial charge in [-0.2, -0.15) is 0 Å². The average molecular weight is 383 g/mol. The van der Waals surface area contributed by atoms with Gasteiger partial charge in [0.2, 0.25) is 5.88 Å². The molecule has 3 heterocycles. The molecule has 7 nitrogen and oxygen atoms in total. The van der Waals surface area contributed by atoms with Crippen molar-refractivity contribution in [1.29, 1.82) is 0 Å². The first-order chi connectivity index (χ1) is 13.5. The van der Waals surface area contributed by atoms with Gasteiger partial charge in [0.1, 0.15) is 0 Å². The van der Waals surface area contributed by atoms with Crippen LogP contribution in [0.4, 0.5) is 16.2 Å². The molecule has 1 aromatic heterocycles. The number of carbonyl (C=O) groups excluding carboxylic acids is 1. The Balaban J connectivity index is 1.37. The molecule has 1 aromatic carbocycles. The third kappa shape index (κ3) is 3.99. The zero-order valence-electron chi connectivity index (χ0n) is 16.9. The Morgan fingerprint density at radius 3 is 2.79 bits per heavy atom. The second-order valence-corrected chi connectivity index (χ2v) is 8.02. The zero-order valence-corrected chi connectivity index (χ0v) is 16.9. The lowest BCUT2D eigenvalue weighted by atomic mass is 10.1. The molecule has 4 rings (SSSR count). The Labute approximate surface area is 166 Å². The Bertz CT molecular complexity index is 849. The van der Waals surface area contributed by atoms with Crippen molar-refractivity contribution in [3.8, 4) is 5.88 Å². The van der Waals surface area contributed by atoms with E-state index in [0.717, 1.165) is 30.0 Å². The highest BCUT2D eigenvalue weighted by atomic mass is 16.6. The first-order valence-corrected chi connectivity index (χ1v) is 10.1. The van der Waals surface area contributed by atoms with Crippen LogP contribution in [-0.2, 0) is 0 Å². The van der Waals surface area contributed by atoms with Crippen molar-refractivity contribution in [2.45, 2.75) is 52.1 Å². The molecule has 0 spiro atoms. The predicted molar refractivity (Wildman–Crippen MR) is 110 cm³/mol. The minimum absolute atomic E-state index is 0.267. The number of likely N-dealkylation sites (tertiary alicyclic amines) is 1. The first-order valence-electron chi connectivity index (χ1n) is 10.1. The standard InChI is InChI=1S/C21H29N5O2/c1-14-11-17(25-10-8-18(13-25)26-9-4-5-16(26)3)6-7-19(14)22-21(27)28-20-12-15(2)23-24-20/h6-7,11-12,16,18H,4-5,8-10,13H2,1-3H3,(H,22,27)(H,23,24). The fourth-order valence-electron chi connectivity index (χ4n) is 4.41. The van der Waals surface area contributed by atoms with Gasteiger partial charge >= 0.3 is 6.09 Å². The van der Waals surface area contributed by atoms with Crippen LogP contribution >= 0.6 is 0 Å². The van der Waals surface area contributed by atoms with Crippen LogP contribution in [0.15, 0.2) is 24.3 Å². The molecule has 2 unspecified atom stereocenters. The van der Waals surface area contributed by atoms with Crippen LogP contribution in [-0.4, -0.2) is 52.9 Å². The van der Waals surface area contributed by atoms with Crippen molar-refractivity contribution in [2.24, 2.45) is 0 Å². The summed E-state index contributed by atoms with van der Waals surface area (Å²) in [5.41, 5.74) is 3.83.